The van der Waals surface area contributed by atoms with Crippen LogP contribution in [0.1, 0.15) is 83.3 Å². The molecule has 1 heterocycles. The van der Waals surface area contributed by atoms with E-state index in [-0.39, 0.29) is 39.9 Å². The number of carbonyl (C=O) groups excluding carboxylic acids is 2. The first kappa shape index (κ1) is 33.1. The van der Waals surface area contributed by atoms with E-state index in [1.807, 2.05) is 27.7 Å². The molecule has 2 aromatic rings. The van der Waals surface area contributed by atoms with Crippen LogP contribution in [0.5, 0.6) is 0 Å². The molecule has 0 unspecified atom stereocenters. The first-order valence-electron chi connectivity index (χ1n) is 11.7. The van der Waals surface area contributed by atoms with Crippen LogP contribution >= 0.6 is 11.3 Å². The molecule has 0 aliphatic rings. The van der Waals surface area contributed by atoms with Crippen LogP contribution in [0.2, 0.25) is 0 Å². The van der Waals surface area contributed by atoms with Crippen molar-refractivity contribution in [3.63, 3.8) is 0 Å². The number of rotatable bonds is 9. The summed E-state index contributed by atoms with van der Waals surface area (Å²) in [5.41, 5.74) is -0.816. The van der Waals surface area contributed by atoms with Crippen LogP contribution in [-0.2, 0) is 11.0 Å². The number of ketones is 1. The normalized spacial score (nSPS) is 11.6. The smallest absolute Gasteiger partial charge is 0.298 e. The van der Waals surface area contributed by atoms with Crippen molar-refractivity contribution >= 4 is 28.2 Å². The Balaban J connectivity index is 0.00000291. The number of thiazole rings is 1. The number of alkyl halides is 3. The largest absolute Gasteiger partial charge is 0.416 e. The van der Waals surface area contributed by atoms with Crippen LogP contribution in [0.4, 0.5) is 27.1 Å². The Labute approximate surface area is 213 Å². The number of allylic oxidation sites excluding steroid dienone is 3. The van der Waals surface area contributed by atoms with Gasteiger partial charge in [0.05, 0.1) is 16.3 Å². The summed E-state index contributed by atoms with van der Waals surface area (Å²) in [6.45, 7) is 10.9. The number of benzene rings is 1. The highest BCUT2D eigenvalue weighted by atomic mass is 32.1. The molecule has 0 saturated heterocycles. The Morgan fingerprint density at radius 2 is 1.75 bits per heavy atom. The zero-order valence-electron chi connectivity index (χ0n) is 21.4. The lowest BCUT2D eigenvalue weighted by molar-refractivity contribution is -0.137. The predicted molar refractivity (Wildman–Crippen MR) is 136 cm³/mol. The highest BCUT2D eigenvalue weighted by Crippen LogP contribution is 2.37. The standard InChI is InChI=1S/C22H21F5N2O2S.2C2H6/c1-3-17(30)19-20(14-8-6-9-15(11-14)22(25,26)27)32-21(29-19)28-18(31)12-16(24)10-5-4-7-13(2)23;2*1-2/h6-9,11-12H,3-5,10H2,1-2H3,(H,28,29,31);2*1-2H3/b13-7+,16-12-;;. The second kappa shape index (κ2) is 16.7. The molecule has 0 bridgehead atoms. The molecule has 2 rings (SSSR count). The number of nitrogens with zero attached hydrogens (tertiary/aromatic N) is 1. The van der Waals surface area contributed by atoms with E-state index < -0.39 is 29.3 Å². The van der Waals surface area contributed by atoms with E-state index in [0.717, 1.165) is 29.5 Å². The summed E-state index contributed by atoms with van der Waals surface area (Å²) < 4.78 is 65.7. The topological polar surface area (TPSA) is 59.1 Å². The number of carbonyl (C=O) groups is 2. The fourth-order valence-corrected chi connectivity index (χ4v) is 3.67. The van der Waals surface area contributed by atoms with Gasteiger partial charge in [0.25, 0.3) is 5.91 Å². The summed E-state index contributed by atoms with van der Waals surface area (Å²) >= 11 is 0.823. The van der Waals surface area contributed by atoms with Crippen molar-refractivity contribution in [3.8, 4) is 10.4 Å². The molecule has 10 heteroatoms. The molecule has 200 valence electrons. The van der Waals surface area contributed by atoms with Gasteiger partial charge in [0, 0.05) is 12.5 Å². The Morgan fingerprint density at radius 1 is 1.11 bits per heavy atom. The molecule has 0 fully saturated rings. The molecule has 1 N–H and O–H groups in total. The maximum absolute atomic E-state index is 13.9. The summed E-state index contributed by atoms with van der Waals surface area (Å²) in [4.78, 5) is 28.6. The Hall–Kier alpha value is -2.88. The first-order valence-corrected chi connectivity index (χ1v) is 12.5. The first-order chi connectivity index (χ1) is 17.0. The van der Waals surface area contributed by atoms with Gasteiger partial charge in [-0.15, -0.1) is 0 Å². The fourth-order valence-electron chi connectivity index (χ4n) is 2.69. The average molecular weight is 533 g/mol. The van der Waals surface area contributed by atoms with Crippen molar-refractivity contribution < 1.29 is 31.5 Å². The third kappa shape index (κ3) is 11.2. The van der Waals surface area contributed by atoms with Gasteiger partial charge in [-0.1, -0.05) is 64.2 Å². The van der Waals surface area contributed by atoms with Crippen LogP contribution < -0.4 is 5.32 Å². The van der Waals surface area contributed by atoms with Crippen LogP contribution in [0, 0.1) is 0 Å². The van der Waals surface area contributed by atoms with E-state index in [2.05, 4.69) is 10.3 Å². The molecular weight excluding hydrogens is 499 g/mol. The molecule has 0 radical (unpaired) electrons. The third-order valence-electron chi connectivity index (χ3n) is 4.23. The third-order valence-corrected chi connectivity index (χ3v) is 5.25. The molecular formula is C26H33F5N2O2S. The predicted octanol–water partition coefficient (Wildman–Crippen LogP) is 9.31. The van der Waals surface area contributed by atoms with Crippen molar-refractivity contribution in [2.24, 2.45) is 0 Å². The summed E-state index contributed by atoms with van der Waals surface area (Å²) in [7, 11) is 0. The number of anilines is 1. The van der Waals surface area contributed by atoms with Crippen molar-refractivity contribution in [1.29, 1.82) is 0 Å². The van der Waals surface area contributed by atoms with Crippen LogP contribution in [0.25, 0.3) is 10.4 Å². The van der Waals surface area contributed by atoms with Crippen molar-refractivity contribution in [2.75, 3.05) is 5.32 Å². The molecule has 1 amide bonds. The van der Waals surface area contributed by atoms with E-state index in [0.29, 0.717) is 12.8 Å². The number of aromatic nitrogens is 1. The lowest BCUT2D eigenvalue weighted by Crippen LogP contribution is -2.09. The van der Waals surface area contributed by atoms with Gasteiger partial charge in [0.1, 0.15) is 11.5 Å². The number of nitrogens with one attached hydrogen (secondary N) is 1. The molecule has 0 aliphatic carbocycles. The van der Waals surface area contributed by atoms with E-state index in [4.69, 9.17) is 0 Å². The number of halogens is 5. The molecule has 0 aliphatic heterocycles. The van der Waals surface area contributed by atoms with Crippen molar-refractivity contribution in [1.82, 2.24) is 4.98 Å². The van der Waals surface area contributed by atoms with Gasteiger partial charge >= 0.3 is 6.18 Å². The molecule has 0 atom stereocenters. The molecule has 0 saturated carbocycles. The Morgan fingerprint density at radius 3 is 2.31 bits per heavy atom. The highest BCUT2D eigenvalue weighted by Gasteiger charge is 2.31. The van der Waals surface area contributed by atoms with Gasteiger partial charge in [0.2, 0.25) is 0 Å². The Bertz CT molecular complexity index is 1040. The van der Waals surface area contributed by atoms with Crippen LogP contribution in [-0.4, -0.2) is 16.7 Å². The SMILES string of the molecule is CC.CC.CCC(=O)c1nc(NC(=O)/C=C(\F)CCC/C=C(\C)F)sc1-c1cccc(C(F)(F)F)c1. The zero-order valence-corrected chi connectivity index (χ0v) is 22.2. The van der Waals surface area contributed by atoms with Crippen LogP contribution in [0.15, 0.2) is 48.1 Å². The maximum Gasteiger partial charge on any atom is 0.416 e. The number of hydrogen-bond acceptors (Lipinski definition) is 4. The van der Waals surface area contributed by atoms with E-state index in [1.165, 1.54) is 25.1 Å². The van der Waals surface area contributed by atoms with E-state index >= 15 is 0 Å². The summed E-state index contributed by atoms with van der Waals surface area (Å²) in [6, 6.07) is 4.44. The highest BCUT2D eigenvalue weighted by molar-refractivity contribution is 7.19. The van der Waals surface area contributed by atoms with Gasteiger partial charge in [-0.05, 0) is 43.9 Å². The second-order valence-electron chi connectivity index (χ2n) is 6.82. The van der Waals surface area contributed by atoms with Gasteiger partial charge < -0.3 is 0 Å². The maximum atomic E-state index is 13.9. The summed E-state index contributed by atoms with van der Waals surface area (Å²) in [5, 5.41) is 2.30. The van der Waals surface area contributed by atoms with Gasteiger partial charge in [-0.2, -0.15) is 13.2 Å². The minimum absolute atomic E-state index is 0.0424. The lowest BCUT2D eigenvalue weighted by atomic mass is 10.1. The summed E-state index contributed by atoms with van der Waals surface area (Å²) in [5.74, 6) is -2.33. The minimum Gasteiger partial charge on any atom is -0.298 e. The van der Waals surface area contributed by atoms with E-state index in [1.54, 1.807) is 6.92 Å². The fraction of sp³-hybridized carbons (Fsp3) is 0.423. The lowest BCUT2D eigenvalue weighted by Gasteiger charge is -2.08. The van der Waals surface area contributed by atoms with Crippen molar-refractivity contribution in [3.05, 3.63) is 59.3 Å². The molecule has 0 spiro atoms. The average Bonchev–Trinajstić information content (AvgIpc) is 3.27. The summed E-state index contributed by atoms with van der Waals surface area (Å²) in [6.07, 6.45) is -1.91. The van der Waals surface area contributed by atoms with Crippen molar-refractivity contribution in [2.45, 2.75) is 73.4 Å². The monoisotopic (exact) mass is 532 g/mol. The number of hydrogen-bond donors (Lipinski definition) is 1. The number of unbranched alkanes of at least 4 members (excludes halogenated alkanes) is 1. The number of Topliss-reactive ketones (excluding diaryl/α,β-unsaturated/α-hetero) is 1. The van der Waals surface area contributed by atoms with Gasteiger partial charge in [-0.25, -0.2) is 13.8 Å². The molecule has 1 aromatic carbocycles. The molecule has 4 nitrogen and oxygen atoms in total. The molecule has 1 aromatic heterocycles. The van der Waals surface area contributed by atoms with E-state index in [9.17, 15) is 31.5 Å². The molecule has 36 heavy (non-hydrogen) atoms. The zero-order chi connectivity index (χ0) is 27.9. The second-order valence-corrected chi connectivity index (χ2v) is 7.81. The Kier molecular flexibility index (Phi) is 15.4. The van der Waals surface area contributed by atoms with Gasteiger partial charge in [0.15, 0.2) is 10.9 Å². The van der Waals surface area contributed by atoms with Crippen LogP contribution in [0.3, 0.4) is 0 Å². The number of amides is 1. The minimum atomic E-state index is -4.56. The van der Waals surface area contributed by atoms with Gasteiger partial charge in [-0.3, -0.25) is 14.9 Å². The quantitative estimate of drug-likeness (QED) is 0.151.